The molecule has 2 saturated heterocycles. The van der Waals surface area contributed by atoms with Gasteiger partial charge in [0.1, 0.15) is 17.9 Å². The fraction of sp³-hybridized carbons (Fsp3) is 0.667. The maximum atomic E-state index is 14.2. The molecule has 1 amide bonds. The van der Waals surface area contributed by atoms with Crippen LogP contribution in [0.2, 0.25) is 0 Å². The molecular formula is C30H46FN7O2. The van der Waals surface area contributed by atoms with Gasteiger partial charge in [-0.3, -0.25) is 9.69 Å². The Morgan fingerprint density at radius 3 is 2.58 bits per heavy atom. The molecule has 0 saturated carbocycles. The van der Waals surface area contributed by atoms with Crippen molar-refractivity contribution in [2.75, 3.05) is 37.6 Å². The highest BCUT2D eigenvalue weighted by Crippen LogP contribution is 2.44. The number of hydrogen-bond acceptors (Lipinski definition) is 8. The van der Waals surface area contributed by atoms with E-state index in [1.807, 2.05) is 20.8 Å². The van der Waals surface area contributed by atoms with Gasteiger partial charge < -0.3 is 20.3 Å². The van der Waals surface area contributed by atoms with Gasteiger partial charge in [0.25, 0.3) is 11.8 Å². The second-order valence-corrected chi connectivity index (χ2v) is 12.9. The van der Waals surface area contributed by atoms with Gasteiger partial charge in [0.05, 0.1) is 5.56 Å². The van der Waals surface area contributed by atoms with Crippen molar-refractivity contribution in [1.29, 1.82) is 0 Å². The van der Waals surface area contributed by atoms with Crippen LogP contribution in [-0.2, 0) is 0 Å². The Morgan fingerprint density at radius 2 is 1.95 bits per heavy atom. The van der Waals surface area contributed by atoms with Crippen LogP contribution in [0.1, 0.15) is 78.1 Å². The summed E-state index contributed by atoms with van der Waals surface area (Å²) in [5.74, 6) is 0.816. The second kappa shape index (κ2) is 11.9. The number of carbonyl (C=O) groups is 1. The van der Waals surface area contributed by atoms with Crippen LogP contribution in [0.4, 0.5) is 10.2 Å². The number of ether oxygens (including phenoxy) is 1. The van der Waals surface area contributed by atoms with E-state index in [0.29, 0.717) is 24.3 Å². The van der Waals surface area contributed by atoms with Crippen molar-refractivity contribution in [3.05, 3.63) is 35.9 Å². The van der Waals surface area contributed by atoms with Crippen LogP contribution in [0.5, 0.6) is 11.6 Å². The molecule has 0 aliphatic carbocycles. The van der Waals surface area contributed by atoms with Crippen molar-refractivity contribution in [2.45, 2.75) is 85.4 Å². The molecule has 2 aliphatic rings. The summed E-state index contributed by atoms with van der Waals surface area (Å²) in [5.41, 5.74) is 6.48. The van der Waals surface area contributed by atoms with Gasteiger partial charge in [-0.1, -0.05) is 13.8 Å². The molecule has 1 aromatic carbocycles. The van der Waals surface area contributed by atoms with Crippen LogP contribution in [-0.4, -0.2) is 81.2 Å². The topological polar surface area (TPSA) is 101 Å². The van der Waals surface area contributed by atoms with Crippen LogP contribution in [0.3, 0.4) is 0 Å². The monoisotopic (exact) mass is 555 g/mol. The van der Waals surface area contributed by atoms with E-state index >= 15 is 0 Å². The van der Waals surface area contributed by atoms with Crippen molar-refractivity contribution in [3.63, 3.8) is 0 Å². The molecule has 2 fully saturated rings. The smallest absolute Gasteiger partial charge is 0.282 e. The van der Waals surface area contributed by atoms with Gasteiger partial charge in [0.15, 0.2) is 5.82 Å². The summed E-state index contributed by atoms with van der Waals surface area (Å²) >= 11 is 0. The molecule has 0 unspecified atom stereocenters. The Kier molecular flexibility index (Phi) is 8.99. The van der Waals surface area contributed by atoms with E-state index in [-0.39, 0.29) is 40.1 Å². The summed E-state index contributed by atoms with van der Waals surface area (Å²) in [5, 5.41) is 8.18. The van der Waals surface area contributed by atoms with E-state index in [0.717, 1.165) is 45.4 Å². The number of hydrogen-bond donors (Lipinski definition) is 1. The number of likely N-dealkylation sites (tertiary alicyclic amines) is 1. The van der Waals surface area contributed by atoms with E-state index in [1.165, 1.54) is 24.5 Å². The highest BCUT2D eigenvalue weighted by atomic mass is 19.1. The van der Waals surface area contributed by atoms with Crippen molar-refractivity contribution >= 4 is 11.7 Å². The molecule has 9 nitrogen and oxygen atoms in total. The maximum Gasteiger partial charge on any atom is 0.282 e. The lowest BCUT2D eigenvalue weighted by atomic mass is 9.76. The van der Waals surface area contributed by atoms with Crippen LogP contribution in [0.25, 0.3) is 0 Å². The quantitative estimate of drug-likeness (QED) is 0.425. The Labute approximate surface area is 238 Å². The molecule has 10 heteroatoms. The van der Waals surface area contributed by atoms with Crippen molar-refractivity contribution in [2.24, 2.45) is 17.1 Å². The minimum absolute atomic E-state index is 0.0396. The predicted molar refractivity (Wildman–Crippen MR) is 155 cm³/mol. The highest BCUT2D eigenvalue weighted by Gasteiger charge is 2.50. The fourth-order valence-corrected chi connectivity index (χ4v) is 6.18. The van der Waals surface area contributed by atoms with Gasteiger partial charge in [0.2, 0.25) is 0 Å². The molecule has 4 rings (SSSR count). The molecule has 40 heavy (non-hydrogen) atoms. The first kappa shape index (κ1) is 30.1. The first-order valence-corrected chi connectivity index (χ1v) is 14.6. The highest BCUT2D eigenvalue weighted by molar-refractivity contribution is 5.97. The lowest BCUT2D eigenvalue weighted by Crippen LogP contribution is -2.62. The van der Waals surface area contributed by atoms with Crippen LogP contribution >= 0.6 is 0 Å². The van der Waals surface area contributed by atoms with E-state index < -0.39 is 5.82 Å². The molecule has 2 N–H and O–H groups in total. The summed E-state index contributed by atoms with van der Waals surface area (Å²) in [7, 11) is 0. The standard InChI is InChI=1S/C30H46FN7O2/c1-8-38(21(4)5)28(39)23-15-22(31)9-10-25(23)40-27-26(33-19-34-35-27)36-14-13-30(16-36)17-37(18-30)24(20(2)3)11-12-29(6,7)32/h9-10,15,19-21,24H,8,11-14,16-18,32H2,1-7H3/t24-/m0/s1. The number of benzene rings is 1. The SMILES string of the molecule is CCN(C(=O)c1cc(F)ccc1Oc1nncnc1N1CCC2(C1)CN([C@@H](CCC(C)(C)N)C(C)C)C2)C(C)C. The Balaban J connectivity index is 1.49. The Morgan fingerprint density at radius 1 is 1.23 bits per heavy atom. The molecule has 0 radical (unpaired) electrons. The first-order valence-electron chi connectivity index (χ1n) is 14.6. The largest absolute Gasteiger partial charge is 0.434 e. The normalized spacial score (nSPS) is 17.9. The number of anilines is 1. The lowest BCUT2D eigenvalue weighted by Gasteiger charge is -2.53. The number of carbonyl (C=O) groups excluding carboxylic acids is 1. The van der Waals surface area contributed by atoms with Gasteiger partial charge in [-0.05, 0) is 78.0 Å². The summed E-state index contributed by atoms with van der Waals surface area (Å²) in [6, 6.07) is 4.45. The van der Waals surface area contributed by atoms with Gasteiger partial charge in [0, 0.05) is 55.8 Å². The number of nitrogens with zero attached hydrogens (tertiary/aromatic N) is 6. The number of halogens is 1. The Hall–Kier alpha value is -2.85. The molecule has 3 heterocycles. The molecule has 1 atom stereocenters. The third-order valence-electron chi connectivity index (χ3n) is 8.31. The van der Waals surface area contributed by atoms with Gasteiger partial charge in [-0.2, -0.15) is 0 Å². The minimum Gasteiger partial charge on any atom is -0.434 e. The number of aromatic nitrogens is 3. The summed E-state index contributed by atoms with van der Waals surface area (Å²) in [6.45, 7) is 18.8. The predicted octanol–water partition coefficient (Wildman–Crippen LogP) is 4.73. The van der Waals surface area contributed by atoms with Gasteiger partial charge >= 0.3 is 0 Å². The summed E-state index contributed by atoms with van der Waals surface area (Å²) in [6.07, 6.45) is 4.57. The number of rotatable bonds is 11. The molecule has 2 aliphatic heterocycles. The first-order chi connectivity index (χ1) is 18.8. The van der Waals surface area contributed by atoms with Gasteiger partial charge in [-0.25, -0.2) is 9.37 Å². The third-order valence-corrected chi connectivity index (χ3v) is 8.31. The fourth-order valence-electron chi connectivity index (χ4n) is 6.18. The second-order valence-electron chi connectivity index (χ2n) is 12.9. The molecule has 220 valence electrons. The summed E-state index contributed by atoms with van der Waals surface area (Å²) in [4.78, 5) is 24.3. The molecular weight excluding hydrogens is 509 g/mol. The number of nitrogens with two attached hydrogens (primary N) is 1. The minimum atomic E-state index is -0.501. The maximum absolute atomic E-state index is 14.2. The summed E-state index contributed by atoms with van der Waals surface area (Å²) < 4.78 is 20.4. The third kappa shape index (κ3) is 6.71. The van der Waals surface area contributed by atoms with Crippen molar-refractivity contribution in [1.82, 2.24) is 25.0 Å². The zero-order valence-corrected chi connectivity index (χ0v) is 25.2. The number of amides is 1. The van der Waals surface area contributed by atoms with E-state index in [1.54, 1.807) is 4.90 Å². The lowest BCUT2D eigenvalue weighted by molar-refractivity contribution is -0.0351. The zero-order valence-electron chi connectivity index (χ0n) is 25.2. The average molecular weight is 556 g/mol. The van der Waals surface area contributed by atoms with Crippen LogP contribution in [0.15, 0.2) is 24.5 Å². The molecule has 0 bridgehead atoms. The zero-order chi connectivity index (χ0) is 29.2. The average Bonchev–Trinajstić information content (AvgIpc) is 3.30. The Bertz CT molecular complexity index is 1180. The molecule has 1 spiro atoms. The van der Waals surface area contributed by atoms with E-state index in [4.69, 9.17) is 10.5 Å². The van der Waals surface area contributed by atoms with Gasteiger partial charge in [-0.15, -0.1) is 10.2 Å². The van der Waals surface area contributed by atoms with Crippen molar-refractivity contribution < 1.29 is 13.9 Å². The van der Waals surface area contributed by atoms with Crippen LogP contribution < -0.4 is 15.4 Å². The van der Waals surface area contributed by atoms with Crippen LogP contribution in [0, 0.1) is 17.2 Å². The molecule has 1 aromatic heterocycles. The van der Waals surface area contributed by atoms with Crippen molar-refractivity contribution in [3.8, 4) is 11.6 Å². The van der Waals surface area contributed by atoms with E-state index in [9.17, 15) is 9.18 Å². The van der Waals surface area contributed by atoms with E-state index in [2.05, 4.69) is 52.7 Å². The molecule has 2 aromatic rings.